The van der Waals surface area contributed by atoms with Gasteiger partial charge in [-0.05, 0) is 45.7 Å². The molecule has 2 aliphatic rings. The molecule has 74 valence electrons. The predicted molar refractivity (Wildman–Crippen MR) is 51.3 cm³/mol. The smallest absolute Gasteiger partial charge is 0.228 e. The van der Waals surface area contributed by atoms with E-state index in [9.17, 15) is 4.79 Å². The summed E-state index contributed by atoms with van der Waals surface area (Å²) in [6.45, 7) is 6.32. The van der Waals surface area contributed by atoms with E-state index in [-0.39, 0.29) is 11.3 Å². The lowest BCUT2D eigenvalue weighted by Gasteiger charge is -2.49. The Bertz CT molecular complexity index is 219. The van der Waals surface area contributed by atoms with Crippen LogP contribution in [0.5, 0.6) is 0 Å². The number of hydrogen-bond acceptors (Lipinski definition) is 2. The number of nitrogens with one attached hydrogen (secondary N) is 2. The van der Waals surface area contributed by atoms with Crippen molar-refractivity contribution in [3.8, 4) is 0 Å². The summed E-state index contributed by atoms with van der Waals surface area (Å²) < 4.78 is 0. The molecule has 2 fully saturated rings. The largest absolute Gasteiger partial charge is 0.351 e. The highest BCUT2D eigenvalue weighted by atomic mass is 16.2. The topological polar surface area (TPSA) is 41.1 Å². The number of amides is 1. The molecule has 3 nitrogen and oxygen atoms in total. The number of β-lactam (4-membered cyclic amide) rings is 1. The van der Waals surface area contributed by atoms with Crippen molar-refractivity contribution < 1.29 is 4.79 Å². The third-order valence-corrected chi connectivity index (χ3v) is 3.50. The summed E-state index contributed by atoms with van der Waals surface area (Å²) in [7, 11) is 0. The third-order valence-electron chi connectivity index (χ3n) is 3.50. The molecular formula is C10H18N2O. The quantitative estimate of drug-likeness (QED) is 0.580. The van der Waals surface area contributed by atoms with Crippen molar-refractivity contribution in [1.29, 1.82) is 0 Å². The van der Waals surface area contributed by atoms with Gasteiger partial charge in [0.15, 0.2) is 0 Å². The molecular weight excluding hydrogens is 164 g/mol. The van der Waals surface area contributed by atoms with Crippen LogP contribution in [0.2, 0.25) is 0 Å². The minimum Gasteiger partial charge on any atom is -0.351 e. The van der Waals surface area contributed by atoms with Crippen LogP contribution in [0.25, 0.3) is 0 Å². The summed E-state index contributed by atoms with van der Waals surface area (Å²) in [4.78, 5) is 11.3. The van der Waals surface area contributed by atoms with E-state index in [0.717, 1.165) is 13.1 Å². The van der Waals surface area contributed by atoms with Crippen LogP contribution in [-0.2, 0) is 4.79 Å². The zero-order valence-electron chi connectivity index (χ0n) is 8.39. The fourth-order valence-electron chi connectivity index (χ4n) is 2.46. The Labute approximate surface area is 79.3 Å². The number of piperidine rings is 1. The summed E-state index contributed by atoms with van der Waals surface area (Å²) in [5, 5.41) is 6.38. The molecule has 1 unspecified atom stereocenters. The van der Waals surface area contributed by atoms with Gasteiger partial charge in [0.05, 0.1) is 5.41 Å². The van der Waals surface area contributed by atoms with E-state index in [0.29, 0.717) is 12.0 Å². The van der Waals surface area contributed by atoms with Gasteiger partial charge in [0, 0.05) is 6.04 Å². The second-order valence-electron chi connectivity index (χ2n) is 4.76. The van der Waals surface area contributed by atoms with Crippen molar-refractivity contribution in [1.82, 2.24) is 10.6 Å². The fourth-order valence-corrected chi connectivity index (χ4v) is 2.46. The van der Waals surface area contributed by atoms with Crippen LogP contribution in [0.4, 0.5) is 0 Å². The lowest BCUT2D eigenvalue weighted by atomic mass is 9.68. The highest BCUT2D eigenvalue weighted by Gasteiger charge is 2.50. The summed E-state index contributed by atoms with van der Waals surface area (Å²) in [5.74, 6) is 0.907. The second kappa shape index (κ2) is 2.98. The molecule has 0 bridgehead atoms. The van der Waals surface area contributed by atoms with Crippen LogP contribution in [0.3, 0.4) is 0 Å². The van der Waals surface area contributed by atoms with E-state index in [2.05, 4.69) is 24.5 Å². The first kappa shape index (κ1) is 9.00. The Morgan fingerprint density at radius 1 is 1.31 bits per heavy atom. The van der Waals surface area contributed by atoms with Crippen LogP contribution in [0.15, 0.2) is 0 Å². The molecule has 0 saturated carbocycles. The van der Waals surface area contributed by atoms with E-state index in [1.807, 2.05) is 0 Å². The summed E-state index contributed by atoms with van der Waals surface area (Å²) in [6.07, 6.45) is 2.41. The molecule has 0 aromatic rings. The molecule has 2 saturated heterocycles. The van der Waals surface area contributed by atoms with Crippen LogP contribution < -0.4 is 10.6 Å². The molecule has 2 rings (SSSR count). The van der Waals surface area contributed by atoms with E-state index >= 15 is 0 Å². The van der Waals surface area contributed by atoms with E-state index in [1.165, 1.54) is 12.8 Å². The Morgan fingerprint density at radius 3 is 2.38 bits per heavy atom. The molecule has 0 spiro atoms. The van der Waals surface area contributed by atoms with Gasteiger partial charge in [-0.15, -0.1) is 0 Å². The number of hydrogen-bond donors (Lipinski definition) is 2. The monoisotopic (exact) mass is 182 g/mol. The number of carbonyl (C=O) groups is 1. The standard InChI is InChI=1S/C10H18N2O/c1-10(2)8(12-9(10)13)7-3-5-11-6-4-7/h7-8,11H,3-6H2,1-2H3,(H,12,13). The van der Waals surface area contributed by atoms with E-state index < -0.39 is 0 Å². The van der Waals surface area contributed by atoms with Crippen LogP contribution in [0.1, 0.15) is 26.7 Å². The van der Waals surface area contributed by atoms with Gasteiger partial charge in [-0.2, -0.15) is 0 Å². The van der Waals surface area contributed by atoms with Crippen LogP contribution >= 0.6 is 0 Å². The second-order valence-corrected chi connectivity index (χ2v) is 4.76. The molecule has 0 radical (unpaired) electrons. The lowest BCUT2D eigenvalue weighted by Crippen LogP contribution is -2.67. The summed E-state index contributed by atoms with van der Waals surface area (Å²) >= 11 is 0. The molecule has 0 aromatic heterocycles. The predicted octanol–water partition coefficient (Wildman–Crippen LogP) is 0.511. The van der Waals surface area contributed by atoms with Gasteiger partial charge in [0.2, 0.25) is 5.91 Å². The SMILES string of the molecule is CC1(C)C(=O)NC1C1CCNCC1. The molecule has 0 aromatic carbocycles. The molecule has 2 heterocycles. The Balaban J connectivity index is 1.98. The maximum atomic E-state index is 11.3. The minimum atomic E-state index is -0.123. The Hall–Kier alpha value is -0.570. The Kier molecular flexibility index (Phi) is 2.06. The lowest BCUT2D eigenvalue weighted by molar-refractivity contribution is -0.145. The maximum absolute atomic E-state index is 11.3. The van der Waals surface area contributed by atoms with Crippen molar-refractivity contribution >= 4 is 5.91 Å². The third kappa shape index (κ3) is 1.35. The van der Waals surface area contributed by atoms with Gasteiger partial charge in [0.1, 0.15) is 0 Å². The maximum Gasteiger partial charge on any atom is 0.228 e. The highest BCUT2D eigenvalue weighted by Crippen LogP contribution is 2.37. The zero-order valence-corrected chi connectivity index (χ0v) is 8.39. The van der Waals surface area contributed by atoms with Gasteiger partial charge in [-0.1, -0.05) is 0 Å². The highest BCUT2D eigenvalue weighted by molar-refractivity contribution is 5.89. The van der Waals surface area contributed by atoms with Crippen molar-refractivity contribution in [3.63, 3.8) is 0 Å². The zero-order chi connectivity index (χ0) is 9.47. The van der Waals surface area contributed by atoms with Crippen LogP contribution in [0, 0.1) is 11.3 Å². The van der Waals surface area contributed by atoms with Crippen molar-refractivity contribution in [2.45, 2.75) is 32.7 Å². The van der Waals surface area contributed by atoms with Gasteiger partial charge in [-0.3, -0.25) is 4.79 Å². The first-order chi connectivity index (χ1) is 6.12. The average molecular weight is 182 g/mol. The molecule has 2 aliphatic heterocycles. The van der Waals surface area contributed by atoms with E-state index in [4.69, 9.17) is 0 Å². The molecule has 1 amide bonds. The first-order valence-electron chi connectivity index (χ1n) is 5.14. The molecule has 0 aliphatic carbocycles. The molecule has 1 atom stereocenters. The average Bonchev–Trinajstić information content (AvgIpc) is 2.15. The van der Waals surface area contributed by atoms with E-state index in [1.54, 1.807) is 0 Å². The van der Waals surface area contributed by atoms with Crippen LogP contribution in [-0.4, -0.2) is 25.0 Å². The van der Waals surface area contributed by atoms with Gasteiger partial charge >= 0.3 is 0 Å². The Morgan fingerprint density at radius 2 is 1.92 bits per heavy atom. The molecule has 3 heteroatoms. The van der Waals surface area contributed by atoms with Gasteiger partial charge in [-0.25, -0.2) is 0 Å². The number of rotatable bonds is 1. The summed E-state index contributed by atoms with van der Waals surface area (Å²) in [5.41, 5.74) is -0.123. The molecule has 13 heavy (non-hydrogen) atoms. The number of carbonyl (C=O) groups excluding carboxylic acids is 1. The normalized spacial score (nSPS) is 33.7. The first-order valence-corrected chi connectivity index (χ1v) is 5.14. The van der Waals surface area contributed by atoms with Crippen molar-refractivity contribution in [2.75, 3.05) is 13.1 Å². The van der Waals surface area contributed by atoms with Gasteiger partial charge < -0.3 is 10.6 Å². The summed E-state index contributed by atoms with van der Waals surface area (Å²) in [6, 6.07) is 0.419. The van der Waals surface area contributed by atoms with Crippen molar-refractivity contribution in [3.05, 3.63) is 0 Å². The minimum absolute atomic E-state index is 0.123. The van der Waals surface area contributed by atoms with Crippen molar-refractivity contribution in [2.24, 2.45) is 11.3 Å². The molecule has 2 N–H and O–H groups in total. The fraction of sp³-hybridized carbons (Fsp3) is 0.900. The van der Waals surface area contributed by atoms with Gasteiger partial charge in [0.25, 0.3) is 0 Å².